The molecule has 1 aromatic rings. The van der Waals surface area contributed by atoms with Gasteiger partial charge in [-0.15, -0.1) is 11.3 Å². The predicted octanol–water partition coefficient (Wildman–Crippen LogP) is 0.805. The Morgan fingerprint density at radius 3 is 2.57 bits per heavy atom. The average molecular weight is 308 g/mol. The van der Waals surface area contributed by atoms with E-state index in [0.717, 1.165) is 11.3 Å². The minimum absolute atomic E-state index is 0.272. The zero-order valence-corrected chi connectivity index (χ0v) is 12.1. The number of allylic oxidation sites excluding steroid dienone is 2. The molecule has 1 aliphatic carbocycles. The first-order chi connectivity index (χ1) is 10.0. The molecule has 0 saturated heterocycles. The molecule has 0 unspecified atom stereocenters. The molecule has 6 nitrogen and oxygen atoms in total. The van der Waals surface area contributed by atoms with E-state index in [1.165, 1.54) is 7.11 Å². The number of carbonyl (C=O) groups is 3. The number of thiophene rings is 1. The maximum atomic E-state index is 12.3. The first-order valence-corrected chi connectivity index (χ1v) is 7.25. The molecule has 0 aliphatic heterocycles. The average Bonchev–Trinajstić information content (AvgIpc) is 2.94. The largest absolute Gasteiger partial charge is 0.550 e. The van der Waals surface area contributed by atoms with E-state index in [-0.39, 0.29) is 11.3 Å². The number of carbonyl (C=O) groups excluding carboxylic acids is 3. The molecule has 0 bridgehead atoms. The molecule has 0 aromatic carbocycles. The number of methoxy groups -OCH3 is 1. The van der Waals surface area contributed by atoms with Crippen molar-refractivity contribution in [1.29, 1.82) is 0 Å². The van der Waals surface area contributed by atoms with Crippen molar-refractivity contribution < 1.29 is 24.2 Å². The maximum absolute atomic E-state index is 12.3. The van der Waals surface area contributed by atoms with Crippen LogP contribution in [0, 0.1) is 11.8 Å². The Kier molecular flexibility index (Phi) is 4.74. The van der Waals surface area contributed by atoms with Gasteiger partial charge in [-0.3, -0.25) is 4.79 Å². The predicted molar refractivity (Wildman–Crippen MR) is 74.6 cm³/mol. The van der Waals surface area contributed by atoms with Crippen molar-refractivity contribution >= 4 is 34.9 Å². The number of hydrogen-bond donors (Lipinski definition) is 1. The van der Waals surface area contributed by atoms with Crippen molar-refractivity contribution in [2.24, 2.45) is 11.8 Å². The lowest BCUT2D eigenvalue weighted by atomic mass is 9.82. The van der Waals surface area contributed by atoms with Gasteiger partial charge in [0.25, 0.3) is 0 Å². The fourth-order valence-corrected chi connectivity index (χ4v) is 3.01. The third kappa shape index (κ3) is 3.30. The molecule has 0 saturated carbocycles. The van der Waals surface area contributed by atoms with Crippen LogP contribution in [-0.2, 0) is 14.3 Å². The summed E-state index contributed by atoms with van der Waals surface area (Å²) in [5, 5.41) is 15.4. The van der Waals surface area contributed by atoms with Gasteiger partial charge in [0.2, 0.25) is 5.91 Å². The number of amides is 1. The Morgan fingerprint density at radius 2 is 1.95 bits per heavy atom. The molecule has 2 rings (SSSR count). The number of hydrogen-bond acceptors (Lipinski definition) is 6. The lowest BCUT2D eigenvalue weighted by Crippen LogP contribution is -2.41. The number of ether oxygens (including phenoxy) is 1. The highest BCUT2D eigenvalue weighted by Gasteiger charge is 2.30. The summed E-state index contributed by atoms with van der Waals surface area (Å²) in [5.41, 5.74) is 0.337. The standard InChI is InChI=1S/C14H15NO5S/c1-20-14(19)11-10(6-7-21-11)15-12(16)8-4-2-3-5-9(8)13(17)18/h2-3,6-9H,4-5H2,1H3,(H,15,16)(H,17,18)/p-1/t8-,9-/m0/s1. The second-order valence-electron chi connectivity index (χ2n) is 4.62. The van der Waals surface area contributed by atoms with Crippen molar-refractivity contribution in [1.82, 2.24) is 0 Å². The normalized spacial score (nSPS) is 20.8. The number of esters is 1. The molecule has 7 heteroatoms. The van der Waals surface area contributed by atoms with E-state index in [2.05, 4.69) is 10.1 Å². The van der Waals surface area contributed by atoms with Crippen molar-refractivity contribution in [2.75, 3.05) is 12.4 Å². The fraction of sp³-hybridized carbons (Fsp3) is 0.357. The lowest BCUT2D eigenvalue weighted by Gasteiger charge is -2.28. The highest BCUT2D eigenvalue weighted by molar-refractivity contribution is 7.12. The summed E-state index contributed by atoms with van der Waals surface area (Å²) in [4.78, 5) is 35.2. The number of nitrogens with one attached hydrogen (secondary N) is 1. The van der Waals surface area contributed by atoms with E-state index in [9.17, 15) is 19.5 Å². The van der Waals surface area contributed by atoms with Crippen molar-refractivity contribution in [3.05, 3.63) is 28.5 Å². The third-order valence-corrected chi connectivity index (χ3v) is 4.26. The van der Waals surface area contributed by atoms with Gasteiger partial charge in [-0.05, 0) is 24.3 Å². The first-order valence-electron chi connectivity index (χ1n) is 6.37. The fourth-order valence-electron chi connectivity index (χ4n) is 2.25. The van der Waals surface area contributed by atoms with E-state index in [1.54, 1.807) is 23.6 Å². The minimum atomic E-state index is -1.24. The highest BCUT2D eigenvalue weighted by atomic mass is 32.1. The Morgan fingerprint density at radius 1 is 1.29 bits per heavy atom. The first kappa shape index (κ1) is 15.2. The van der Waals surface area contributed by atoms with Crippen LogP contribution in [0.2, 0.25) is 0 Å². The van der Waals surface area contributed by atoms with Crippen LogP contribution in [0.5, 0.6) is 0 Å². The molecule has 112 valence electrons. The summed E-state index contributed by atoms with van der Waals surface area (Å²) in [5.74, 6) is -3.77. The molecule has 1 amide bonds. The number of rotatable bonds is 4. The van der Waals surface area contributed by atoms with E-state index in [4.69, 9.17) is 0 Å². The van der Waals surface area contributed by atoms with Crippen LogP contribution in [0.1, 0.15) is 22.5 Å². The van der Waals surface area contributed by atoms with Gasteiger partial charge < -0.3 is 20.0 Å². The molecule has 0 radical (unpaired) electrons. The van der Waals surface area contributed by atoms with E-state index in [0.29, 0.717) is 12.1 Å². The molecule has 0 spiro atoms. The number of carboxylic acids is 1. The van der Waals surface area contributed by atoms with Gasteiger partial charge in [-0.25, -0.2) is 4.79 Å². The van der Waals surface area contributed by atoms with Crippen LogP contribution < -0.4 is 10.4 Å². The Bertz CT molecular complexity index is 592. The van der Waals surface area contributed by atoms with Gasteiger partial charge in [0.1, 0.15) is 4.88 Å². The van der Waals surface area contributed by atoms with Crippen LogP contribution in [0.3, 0.4) is 0 Å². The van der Waals surface area contributed by atoms with Gasteiger partial charge in [-0.1, -0.05) is 12.2 Å². The number of anilines is 1. The molecule has 21 heavy (non-hydrogen) atoms. The zero-order valence-electron chi connectivity index (χ0n) is 11.3. The Hall–Kier alpha value is -2.15. The van der Waals surface area contributed by atoms with Gasteiger partial charge in [0.15, 0.2) is 0 Å². The van der Waals surface area contributed by atoms with Crippen LogP contribution in [0.4, 0.5) is 5.69 Å². The SMILES string of the molecule is COC(=O)c1sccc1NC(=O)[C@H]1CC=CC[C@@H]1C(=O)[O-]. The second kappa shape index (κ2) is 6.53. The summed E-state index contributed by atoms with van der Waals surface area (Å²) in [6.45, 7) is 0. The monoisotopic (exact) mass is 308 g/mol. The molecular formula is C14H14NO5S-. The van der Waals surface area contributed by atoms with E-state index in [1.807, 2.05) is 0 Å². The molecule has 1 heterocycles. The van der Waals surface area contributed by atoms with Crippen LogP contribution in [-0.4, -0.2) is 25.0 Å². The molecule has 1 aromatic heterocycles. The Labute approximate surface area is 125 Å². The summed E-state index contributed by atoms with van der Waals surface area (Å²) in [6, 6.07) is 1.58. The molecule has 2 atom stereocenters. The minimum Gasteiger partial charge on any atom is -0.550 e. The number of aliphatic carboxylic acids is 1. The summed E-state index contributed by atoms with van der Waals surface area (Å²) in [7, 11) is 1.26. The van der Waals surface area contributed by atoms with Gasteiger partial charge in [0, 0.05) is 11.9 Å². The lowest BCUT2D eigenvalue weighted by molar-refractivity contribution is -0.313. The van der Waals surface area contributed by atoms with Crippen LogP contribution >= 0.6 is 11.3 Å². The van der Waals surface area contributed by atoms with Crippen LogP contribution in [0.15, 0.2) is 23.6 Å². The summed E-state index contributed by atoms with van der Waals surface area (Å²) in [6.07, 6.45) is 4.11. The number of carboxylic acid groups (broad SMARTS) is 1. The summed E-state index contributed by atoms with van der Waals surface area (Å²) < 4.78 is 4.63. The molecule has 1 N–H and O–H groups in total. The van der Waals surface area contributed by atoms with Crippen LogP contribution in [0.25, 0.3) is 0 Å². The Balaban J connectivity index is 2.14. The van der Waals surface area contributed by atoms with Gasteiger partial charge in [0.05, 0.1) is 18.7 Å². The van der Waals surface area contributed by atoms with Crippen molar-refractivity contribution in [3.8, 4) is 0 Å². The van der Waals surface area contributed by atoms with Crippen molar-refractivity contribution in [2.45, 2.75) is 12.8 Å². The summed E-state index contributed by atoms with van der Waals surface area (Å²) >= 11 is 1.15. The smallest absolute Gasteiger partial charge is 0.350 e. The van der Waals surface area contributed by atoms with E-state index < -0.39 is 29.7 Å². The van der Waals surface area contributed by atoms with Gasteiger partial charge >= 0.3 is 5.97 Å². The van der Waals surface area contributed by atoms with Gasteiger partial charge in [-0.2, -0.15) is 0 Å². The quantitative estimate of drug-likeness (QED) is 0.656. The molecular weight excluding hydrogens is 294 g/mol. The topological polar surface area (TPSA) is 95.5 Å². The molecule has 1 aliphatic rings. The maximum Gasteiger partial charge on any atom is 0.350 e. The van der Waals surface area contributed by atoms with Crippen molar-refractivity contribution in [3.63, 3.8) is 0 Å². The zero-order chi connectivity index (χ0) is 15.4. The molecule has 0 fully saturated rings. The third-order valence-electron chi connectivity index (χ3n) is 3.37. The highest BCUT2D eigenvalue weighted by Crippen LogP contribution is 2.29. The second-order valence-corrected chi connectivity index (χ2v) is 5.54. The van der Waals surface area contributed by atoms with E-state index >= 15 is 0 Å².